The van der Waals surface area contributed by atoms with Gasteiger partial charge < -0.3 is 25.0 Å². The number of amides is 3. The van der Waals surface area contributed by atoms with E-state index in [4.69, 9.17) is 9.47 Å². The monoisotopic (exact) mass is 727 g/mol. The summed E-state index contributed by atoms with van der Waals surface area (Å²) in [6.07, 6.45) is 1.02. The van der Waals surface area contributed by atoms with Gasteiger partial charge in [0.05, 0.1) is 0 Å². The normalized spacial score (nSPS) is 14.0. The zero-order valence-electron chi connectivity index (χ0n) is 33.6. The van der Waals surface area contributed by atoms with Crippen molar-refractivity contribution in [3.8, 4) is 0 Å². The van der Waals surface area contributed by atoms with Crippen molar-refractivity contribution in [2.45, 2.75) is 137 Å². The molecule has 0 saturated heterocycles. The molecule has 3 aromatic carbocycles. The Hall–Kier alpha value is -4.66. The van der Waals surface area contributed by atoms with Crippen LogP contribution < -0.4 is 10.6 Å². The van der Waals surface area contributed by atoms with Gasteiger partial charge in [0.15, 0.2) is 0 Å². The van der Waals surface area contributed by atoms with Gasteiger partial charge in [0, 0.05) is 18.9 Å². The van der Waals surface area contributed by atoms with E-state index in [2.05, 4.69) is 24.5 Å². The number of nitrogens with one attached hydrogen (secondary N) is 2. The molecule has 4 unspecified atom stereocenters. The number of ether oxygens (including phenoxy) is 2. The first-order valence-corrected chi connectivity index (χ1v) is 18.7. The number of hydrogen-bond acceptors (Lipinski definition) is 6. The topological polar surface area (TPSA) is 114 Å². The van der Waals surface area contributed by atoms with Gasteiger partial charge in [-0.05, 0) is 109 Å². The molecule has 53 heavy (non-hydrogen) atoms. The van der Waals surface area contributed by atoms with E-state index in [1.165, 1.54) is 0 Å². The van der Waals surface area contributed by atoms with Gasteiger partial charge in [0.25, 0.3) is 0 Å². The summed E-state index contributed by atoms with van der Waals surface area (Å²) < 4.78 is 11.4. The lowest BCUT2D eigenvalue weighted by Gasteiger charge is -2.39. The van der Waals surface area contributed by atoms with E-state index >= 15 is 4.79 Å². The van der Waals surface area contributed by atoms with Crippen LogP contribution in [0, 0.1) is 19.8 Å². The largest absolute Gasteiger partial charge is 0.458 e. The van der Waals surface area contributed by atoms with Gasteiger partial charge in [-0.15, -0.1) is 0 Å². The van der Waals surface area contributed by atoms with E-state index in [1.807, 2.05) is 99.6 Å². The summed E-state index contributed by atoms with van der Waals surface area (Å²) in [4.78, 5) is 58.8. The minimum atomic E-state index is -1.15. The molecule has 0 aliphatic carbocycles. The highest BCUT2D eigenvalue weighted by Gasteiger charge is 2.40. The molecule has 0 fully saturated rings. The Morgan fingerprint density at radius 3 is 1.68 bits per heavy atom. The van der Waals surface area contributed by atoms with Crippen molar-refractivity contribution in [3.63, 3.8) is 0 Å². The molecular weight excluding hydrogens is 666 g/mol. The fourth-order valence-corrected chi connectivity index (χ4v) is 6.03. The molecule has 3 amide bonds. The van der Waals surface area contributed by atoms with Crippen LogP contribution in [0.25, 0.3) is 0 Å². The Balaban J connectivity index is 2.20. The third-order valence-electron chi connectivity index (χ3n) is 8.83. The molecule has 3 rings (SSSR count). The van der Waals surface area contributed by atoms with Crippen LogP contribution in [0.15, 0.2) is 78.9 Å². The summed E-state index contributed by atoms with van der Waals surface area (Å²) in [7, 11) is 0. The number of esters is 1. The fraction of sp³-hybridized carbons (Fsp3) is 0.500. The second-order valence-electron chi connectivity index (χ2n) is 16.5. The van der Waals surface area contributed by atoms with Gasteiger partial charge in [-0.25, -0.2) is 9.59 Å². The highest BCUT2D eigenvalue weighted by atomic mass is 16.6. The fourth-order valence-electron chi connectivity index (χ4n) is 6.03. The Morgan fingerprint density at radius 1 is 0.660 bits per heavy atom. The maximum atomic E-state index is 15.2. The molecular formula is C44H61N3O6. The summed E-state index contributed by atoms with van der Waals surface area (Å²) >= 11 is 0. The van der Waals surface area contributed by atoms with Crippen LogP contribution in [0.3, 0.4) is 0 Å². The summed E-state index contributed by atoms with van der Waals surface area (Å²) in [5, 5.41) is 5.86. The molecule has 0 spiro atoms. The second kappa shape index (κ2) is 18.9. The lowest BCUT2D eigenvalue weighted by atomic mass is 9.94. The van der Waals surface area contributed by atoms with Crippen LogP contribution in [0.1, 0.15) is 109 Å². The summed E-state index contributed by atoms with van der Waals surface area (Å²) in [5.41, 5.74) is 2.65. The predicted molar refractivity (Wildman–Crippen MR) is 210 cm³/mol. The van der Waals surface area contributed by atoms with E-state index in [0.717, 1.165) is 28.7 Å². The van der Waals surface area contributed by atoms with Crippen molar-refractivity contribution in [1.82, 2.24) is 15.5 Å². The average Bonchev–Trinajstić information content (AvgIpc) is 3.05. The van der Waals surface area contributed by atoms with Crippen molar-refractivity contribution in [1.29, 1.82) is 0 Å². The molecule has 288 valence electrons. The molecule has 3 aromatic rings. The van der Waals surface area contributed by atoms with Crippen molar-refractivity contribution in [3.05, 3.63) is 107 Å². The molecule has 0 aliphatic heterocycles. The van der Waals surface area contributed by atoms with Gasteiger partial charge in [-0.3, -0.25) is 9.59 Å². The van der Waals surface area contributed by atoms with Crippen LogP contribution in [0.2, 0.25) is 0 Å². The van der Waals surface area contributed by atoms with Crippen molar-refractivity contribution >= 4 is 23.9 Å². The maximum Gasteiger partial charge on any atom is 0.408 e. The number of rotatable bonds is 15. The maximum absolute atomic E-state index is 15.2. The lowest BCUT2D eigenvalue weighted by Crippen LogP contribution is -2.57. The molecule has 9 nitrogen and oxygen atoms in total. The quantitative estimate of drug-likeness (QED) is 0.153. The molecule has 0 aromatic heterocycles. The average molecular weight is 728 g/mol. The van der Waals surface area contributed by atoms with Crippen molar-refractivity contribution in [2.24, 2.45) is 5.92 Å². The highest BCUT2D eigenvalue weighted by molar-refractivity contribution is 5.94. The van der Waals surface area contributed by atoms with E-state index in [0.29, 0.717) is 17.9 Å². The Labute approximate surface area is 317 Å². The third kappa shape index (κ3) is 14.0. The van der Waals surface area contributed by atoms with Crippen LogP contribution in [0.5, 0.6) is 0 Å². The van der Waals surface area contributed by atoms with Crippen LogP contribution >= 0.6 is 0 Å². The smallest absolute Gasteiger partial charge is 0.408 e. The number of carbonyl (C=O) groups excluding carboxylic acids is 4. The predicted octanol–water partition coefficient (Wildman–Crippen LogP) is 8.20. The van der Waals surface area contributed by atoms with Gasteiger partial charge in [-0.2, -0.15) is 0 Å². The van der Waals surface area contributed by atoms with E-state index in [9.17, 15) is 14.4 Å². The molecule has 4 atom stereocenters. The molecule has 0 heterocycles. The minimum absolute atomic E-state index is 0.169. The standard InChI is InChI=1S/C44H61N3O6/c1-29(2)22-24-32(5)47(40(49)36(27-33-18-14-12-15-19-33)46-42(51)53-44(9,10)11)38(35-25-23-30(3)31(4)26-35)39(48)45-37(41(50)52-43(6,7)8)28-34-20-16-13-17-21-34/h12-21,23,25-26,29,32,36-38H,22,24,27-28H2,1-11H3,(H,45,48)(H,46,51). The number of nitrogens with zero attached hydrogens (tertiary/aromatic N) is 1. The van der Waals surface area contributed by atoms with Crippen LogP contribution in [-0.2, 0) is 36.7 Å². The zero-order chi connectivity index (χ0) is 39.5. The first-order chi connectivity index (χ1) is 24.7. The zero-order valence-corrected chi connectivity index (χ0v) is 33.6. The number of carbonyl (C=O) groups is 4. The lowest BCUT2D eigenvalue weighted by molar-refractivity contribution is -0.159. The van der Waals surface area contributed by atoms with Gasteiger partial charge in [-0.1, -0.05) is 92.7 Å². The summed E-state index contributed by atoms with van der Waals surface area (Å²) in [5.74, 6) is -1.20. The van der Waals surface area contributed by atoms with Gasteiger partial charge in [0.2, 0.25) is 11.8 Å². The molecule has 0 saturated carbocycles. The molecule has 2 N–H and O–H groups in total. The van der Waals surface area contributed by atoms with Crippen molar-refractivity contribution in [2.75, 3.05) is 0 Å². The number of benzene rings is 3. The SMILES string of the molecule is Cc1ccc(C(C(=O)NC(Cc2ccccc2)C(=O)OC(C)(C)C)N(C(=O)C(Cc2ccccc2)NC(=O)OC(C)(C)C)C(C)CCC(C)C)cc1C. The minimum Gasteiger partial charge on any atom is -0.458 e. The van der Waals surface area contributed by atoms with Crippen LogP contribution in [-0.4, -0.2) is 58.1 Å². The molecule has 0 radical (unpaired) electrons. The van der Waals surface area contributed by atoms with Gasteiger partial charge >= 0.3 is 12.1 Å². The van der Waals surface area contributed by atoms with Gasteiger partial charge in [0.1, 0.15) is 29.3 Å². The molecule has 0 aliphatic rings. The highest BCUT2D eigenvalue weighted by Crippen LogP contribution is 2.30. The number of hydrogen-bond donors (Lipinski definition) is 2. The Kier molecular flexibility index (Phi) is 15.2. The van der Waals surface area contributed by atoms with Crippen LogP contribution in [0.4, 0.5) is 4.79 Å². The summed E-state index contributed by atoms with van der Waals surface area (Å²) in [6, 6.07) is 20.9. The summed E-state index contributed by atoms with van der Waals surface area (Å²) in [6.45, 7) is 20.7. The van der Waals surface area contributed by atoms with E-state index < -0.39 is 59.2 Å². The molecule has 9 heteroatoms. The first-order valence-electron chi connectivity index (χ1n) is 18.7. The second-order valence-corrected chi connectivity index (χ2v) is 16.5. The van der Waals surface area contributed by atoms with E-state index in [1.54, 1.807) is 46.4 Å². The molecule has 0 bridgehead atoms. The first kappa shape index (κ1) is 42.8. The van der Waals surface area contributed by atoms with Crippen molar-refractivity contribution < 1.29 is 28.7 Å². The Bertz CT molecular complexity index is 1660. The third-order valence-corrected chi connectivity index (χ3v) is 8.83. The number of aryl methyl sites for hydroxylation is 2. The van der Waals surface area contributed by atoms with E-state index in [-0.39, 0.29) is 12.8 Å². The Morgan fingerprint density at radius 2 is 1.19 bits per heavy atom. The number of alkyl carbamates (subject to hydrolysis) is 1.